The van der Waals surface area contributed by atoms with E-state index in [2.05, 4.69) is 0 Å². The zero-order valence-electron chi connectivity index (χ0n) is 13.7. The summed E-state index contributed by atoms with van der Waals surface area (Å²) in [5.74, 6) is 0. The molecule has 0 bridgehead atoms. The van der Waals surface area contributed by atoms with E-state index in [4.69, 9.17) is 0 Å². The number of aryl methyl sites for hydroxylation is 1. The minimum absolute atomic E-state index is 0.149. The topological polar surface area (TPSA) is 37.4 Å². The molecule has 2 aromatic rings. The van der Waals surface area contributed by atoms with E-state index in [0.717, 1.165) is 28.8 Å². The third-order valence-electron chi connectivity index (χ3n) is 4.48. The smallest absolute Gasteiger partial charge is 0.259 e. The first-order chi connectivity index (χ1) is 10.9. The van der Waals surface area contributed by atoms with Gasteiger partial charge in [0.2, 0.25) is 0 Å². The van der Waals surface area contributed by atoms with Crippen molar-refractivity contribution < 1.29 is 8.42 Å². The van der Waals surface area contributed by atoms with Crippen molar-refractivity contribution in [3.05, 3.63) is 71.3 Å². The summed E-state index contributed by atoms with van der Waals surface area (Å²) in [5.41, 5.74) is 3.98. The molecule has 0 saturated carbocycles. The minimum Gasteiger partial charge on any atom is -0.259 e. The molecule has 0 fully saturated rings. The molecule has 1 unspecified atom stereocenters. The van der Waals surface area contributed by atoms with Crippen LogP contribution in [0.25, 0.3) is 0 Å². The summed E-state index contributed by atoms with van der Waals surface area (Å²) in [4.78, 5) is 0.341. The van der Waals surface area contributed by atoms with Gasteiger partial charge < -0.3 is 0 Å². The number of sulfonamides is 1. The Morgan fingerprint density at radius 1 is 1.13 bits per heavy atom. The number of benzene rings is 2. The fraction of sp³-hybridized carbons (Fsp3) is 0.263. The lowest BCUT2D eigenvalue weighted by molar-refractivity contribution is 0.586. The van der Waals surface area contributed by atoms with E-state index in [1.807, 2.05) is 63.2 Å². The van der Waals surface area contributed by atoms with Gasteiger partial charge in [-0.2, -0.15) is 0 Å². The van der Waals surface area contributed by atoms with Gasteiger partial charge in [-0.3, -0.25) is 4.31 Å². The summed E-state index contributed by atoms with van der Waals surface area (Å²) in [7, 11) is -3.58. The normalized spacial score (nSPS) is 18.1. The van der Waals surface area contributed by atoms with Crippen molar-refractivity contribution in [3.63, 3.8) is 0 Å². The van der Waals surface area contributed by atoms with E-state index < -0.39 is 10.0 Å². The van der Waals surface area contributed by atoms with Crippen LogP contribution in [0.5, 0.6) is 0 Å². The van der Waals surface area contributed by atoms with Crippen molar-refractivity contribution in [2.24, 2.45) is 0 Å². The van der Waals surface area contributed by atoms with E-state index in [0.29, 0.717) is 4.90 Å². The van der Waals surface area contributed by atoms with Crippen molar-refractivity contribution in [1.82, 2.24) is 0 Å². The standard InChI is InChI=1S/C19H21NO2S/c1-4-15(3)19-13-16-7-5-6-8-18(16)20(19)23(21,22)17-11-9-14(2)10-12-17/h4-12,19H,13H2,1-3H3/b15-4+. The fourth-order valence-corrected chi connectivity index (χ4v) is 4.74. The lowest BCUT2D eigenvalue weighted by atomic mass is 10.0. The molecule has 3 rings (SSSR count). The molecule has 4 heteroatoms. The highest BCUT2D eigenvalue weighted by Crippen LogP contribution is 2.39. The Balaban J connectivity index is 2.15. The lowest BCUT2D eigenvalue weighted by Gasteiger charge is -2.27. The Bertz CT molecular complexity index is 851. The van der Waals surface area contributed by atoms with Gasteiger partial charge in [-0.25, -0.2) is 8.42 Å². The van der Waals surface area contributed by atoms with Crippen LogP contribution in [0, 0.1) is 6.92 Å². The van der Waals surface area contributed by atoms with E-state index in [1.54, 1.807) is 16.4 Å². The maximum absolute atomic E-state index is 13.2. The second-order valence-corrected chi connectivity index (χ2v) is 7.81. The van der Waals surface area contributed by atoms with Crippen LogP contribution in [0.4, 0.5) is 5.69 Å². The van der Waals surface area contributed by atoms with Gasteiger partial charge in [0.05, 0.1) is 16.6 Å². The largest absolute Gasteiger partial charge is 0.264 e. The van der Waals surface area contributed by atoms with E-state index in [1.165, 1.54) is 0 Å². The SMILES string of the molecule is C/C=C(\C)C1Cc2ccccc2N1S(=O)(=O)c1ccc(C)cc1. The van der Waals surface area contributed by atoms with Gasteiger partial charge >= 0.3 is 0 Å². The Labute approximate surface area is 138 Å². The van der Waals surface area contributed by atoms with Crippen LogP contribution in [0.1, 0.15) is 25.0 Å². The number of fused-ring (bicyclic) bond motifs is 1. The Kier molecular flexibility index (Phi) is 4.02. The molecule has 3 nitrogen and oxygen atoms in total. The van der Waals surface area contributed by atoms with Crippen molar-refractivity contribution in [2.45, 2.75) is 38.1 Å². The van der Waals surface area contributed by atoms with Crippen LogP contribution in [0.15, 0.2) is 65.1 Å². The highest BCUT2D eigenvalue weighted by molar-refractivity contribution is 7.92. The van der Waals surface area contributed by atoms with Crippen LogP contribution < -0.4 is 4.31 Å². The van der Waals surface area contributed by atoms with Gasteiger partial charge in [0, 0.05) is 0 Å². The van der Waals surface area contributed by atoms with Gasteiger partial charge in [-0.05, 0) is 51.0 Å². The Hall–Kier alpha value is -2.07. The average molecular weight is 327 g/mol. The van der Waals surface area contributed by atoms with Crippen LogP contribution in [-0.4, -0.2) is 14.5 Å². The summed E-state index contributed by atoms with van der Waals surface area (Å²) < 4.78 is 28.1. The van der Waals surface area contributed by atoms with Crippen molar-refractivity contribution >= 4 is 15.7 Å². The highest BCUT2D eigenvalue weighted by Gasteiger charge is 2.38. The number of allylic oxidation sites excluding steroid dienone is 1. The molecule has 0 amide bonds. The molecular formula is C19H21NO2S. The van der Waals surface area contributed by atoms with Crippen LogP contribution >= 0.6 is 0 Å². The first kappa shape index (κ1) is 15.8. The number of hydrogen-bond donors (Lipinski definition) is 0. The molecule has 0 spiro atoms. The van der Waals surface area contributed by atoms with Crippen molar-refractivity contribution in [1.29, 1.82) is 0 Å². The van der Waals surface area contributed by atoms with Gasteiger partial charge in [0.15, 0.2) is 0 Å². The third-order valence-corrected chi connectivity index (χ3v) is 6.32. The molecule has 0 aromatic heterocycles. The van der Waals surface area contributed by atoms with Gasteiger partial charge in [-0.15, -0.1) is 0 Å². The summed E-state index contributed by atoms with van der Waals surface area (Å²) in [6.45, 7) is 5.90. The van der Waals surface area contributed by atoms with Crippen LogP contribution in [-0.2, 0) is 16.4 Å². The number of anilines is 1. The highest BCUT2D eigenvalue weighted by atomic mass is 32.2. The Morgan fingerprint density at radius 2 is 1.78 bits per heavy atom. The molecule has 23 heavy (non-hydrogen) atoms. The fourth-order valence-electron chi connectivity index (χ4n) is 3.02. The molecule has 0 saturated heterocycles. The van der Waals surface area contributed by atoms with Gasteiger partial charge in [-0.1, -0.05) is 47.5 Å². The van der Waals surface area contributed by atoms with E-state index >= 15 is 0 Å². The molecule has 120 valence electrons. The molecule has 1 aliphatic rings. The van der Waals surface area contributed by atoms with Crippen LogP contribution in [0.3, 0.4) is 0 Å². The zero-order chi connectivity index (χ0) is 16.6. The van der Waals surface area contributed by atoms with Crippen LogP contribution in [0.2, 0.25) is 0 Å². The predicted octanol–water partition coefficient (Wildman–Crippen LogP) is 4.08. The quantitative estimate of drug-likeness (QED) is 0.797. The second kappa shape index (κ2) is 5.85. The maximum atomic E-state index is 13.2. The van der Waals surface area contributed by atoms with E-state index in [-0.39, 0.29) is 6.04 Å². The first-order valence-electron chi connectivity index (χ1n) is 7.77. The lowest BCUT2D eigenvalue weighted by Crippen LogP contribution is -2.38. The number of rotatable bonds is 3. The zero-order valence-corrected chi connectivity index (χ0v) is 14.5. The molecule has 0 aliphatic carbocycles. The number of para-hydroxylation sites is 1. The molecule has 1 heterocycles. The van der Waals surface area contributed by atoms with Crippen molar-refractivity contribution in [3.8, 4) is 0 Å². The molecule has 0 radical (unpaired) electrons. The molecule has 0 N–H and O–H groups in total. The van der Waals surface area contributed by atoms with Crippen molar-refractivity contribution in [2.75, 3.05) is 4.31 Å². The Morgan fingerprint density at radius 3 is 2.43 bits per heavy atom. The predicted molar refractivity (Wildman–Crippen MR) is 94.2 cm³/mol. The van der Waals surface area contributed by atoms with Gasteiger partial charge in [0.25, 0.3) is 10.0 Å². The number of nitrogens with zero attached hydrogens (tertiary/aromatic N) is 1. The summed E-state index contributed by atoms with van der Waals surface area (Å²) in [6, 6.07) is 14.7. The molecule has 1 atom stereocenters. The van der Waals surface area contributed by atoms with E-state index in [9.17, 15) is 8.42 Å². The summed E-state index contributed by atoms with van der Waals surface area (Å²) in [5, 5.41) is 0. The average Bonchev–Trinajstić information content (AvgIpc) is 2.94. The monoisotopic (exact) mass is 327 g/mol. The second-order valence-electron chi connectivity index (χ2n) is 6.00. The molecule has 2 aromatic carbocycles. The summed E-state index contributed by atoms with van der Waals surface area (Å²) in [6.07, 6.45) is 2.71. The summed E-state index contributed by atoms with van der Waals surface area (Å²) >= 11 is 0. The third kappa shape index (κ3) is 2.68. The minimum atomic E-state index is -3.58. The molecule has 1 aliphatic heterocycles. The van der Waals surface area contributed by atoms with Gasteiger partial charge in [0.1, 0.15) is 0 Å². The molecular weight excluding hydrogens is 306 g/mol. The maximum Gasteiger partial charge on any atom is 0.264 e. The first-order valence-corrected chi connectivity index (χ1v) is 9.21. The number of hydrogen-bond acceptors (Lipinski definition) is 2.